The molecule has 1 fully saturated rings. The molecule has 0 bridgehead atoms. The van der Waals surface area contributed by atoms with Gasteiger partial charge >= 0.3 is 5.97 Å². The summed E-state index contributed by atoms with van der Waals surface area (Å²) < 4.78 is 17.5. The summed E-state index contributed by atoms with van der Waals surface area (Å²) in [7, 11) is 6.88. The van der Waals surface area contributed by atoms with Gasteiger partial charge in [-0.25, -0.2) is 4.79 Å². The maximum Gasteiger partial charge on any atom is 0.329 e. The molecule has 13 nitrogen and oxygen atoms in total. The van der Waals surface area contributed by atoms with Gasteiger partial charge in [0.1, 0.15) is 11.6 Å². The van der Waals surface area contributed by atoms with Gasteiger partial charge in [0.2, 0.25) is 23.6 Å². The Morgan fingerprint density at radius 2 is 1.51 bits per heavy atom. The normalized spacial score (nSPS) is 18.0. The Balaban J connectivity index is 0.00000125. The number of methoxy groups -OCH3 is 2. The van der Waals surface area contributed by atoms with Crippen molar-refractivity contribution in [2.24, 2.45) is 29.4 Å². The number of nitrogens with zero attached hydrogens (tertiary/aromatic N) is 3. The number of hydrogen-bond donors (Lipinski definition) is 2. The van der Waals surface area contributed by atoms with Crippen LogP contribution in [0.15, 0.2) is 30.3 Å². The van der Waals surface area contributed by atoms with Gasteiger partial charge in [0.05, 0.1) is 42.7 Å². The lowest BCUT2D eigenvalue weighted by molar-refractivity contribution is -0.159. The van der Waals surface area contributed by atoms with Gasteiger partial charge in [-0.05, 0) is 77.8 Å². The van der Waals surface area contributed by atoms with Crippen LogP contribution in [0.2, 0.25) is 0 Å². The number of primary amides is 1. The molecule has 1 aliphatic rings. The average molecular weight is 832 g/mol. The van der Waals surface area contributed by atoms with E-state index in [1.165, 1.54) is 0 Å². The summed E-state index contributed by atoms with van der Waals surface area (Å²) in [5.74, 6) is -1.20. The largest absolute Gasteiger partial charge is 0.458 e. The van der Waals surface area contributed by atoms with E-state index in [1.54, 1.807) is 53.9 Å². The van der Waals surface area contributed by atoms with Crippen molar-refractivity contribution in [2.45, 2.75) is 170 Å². The van der Waals surface area contributed by atoms with Crippen LogP contribution in [0.4, 0.5) is 0 Å². The molecule has 4 amide bonds. The second-order valence-corrected chi connectivity index (χ2v) is 18.4. The van der Waals surface area contributed by atoms with Crippen LogP contribution in [-0.4, -0.2) is 127 Å². The number of likely N-dealkylation sites (tertiary alicyclic amines) is 1. The number of carbonyl (C=O) groups excluding carboxylic acids is 5. The van der Waals surface area contributed by atoms with Gasteiger partial charge in [0, 0.05) is 46.7 Å². The summed E-state index contributed by atoms with van der Waals surface area (Å²) in [6, 6.07) is 8.21. The number of benzene rings is 1. The Bertz CT molecular complexity index is 1450. The smallest absolute Gasteiger partial charge is 0.329 e. The molecule has 0 spiro atoms. The lowest BCUT2D eigenvalue weighted by Gasteiger charge is -2.39. The van der Waals surface area contributed by atoms with Crippen molar-refractivity contribution in [3.63, 3.8) is 0 Å². The Hall–Kier alpha value is -3.55. The molecule has 3 N–H and O–H groups in total. The number of rotatable bonds is 21. The number of carbonyl (C=O) groups is 5. The molecule has 1 saturated heterocycles. The van der Waals surface area contributed by atoms with Gasteiger partial charge < -0.3 is 35.1 Å². The Labute approximate surface area is 356 Å². The molecule has 1 aliphatic heterocycles. The first-order valence-corrected chi connectivity index (χ1v) is 21.6. The quantitative estimate of drug-likeness (QED) is 0.145. The summed E-state index contributed by atoms with van der Waals surface area (Å²) in [4.78, 5) is 70.6. The molecule has 1 heterocycles. The third-order valence-electron chi connectivity index (χ3n) is 11.4. The molecule has 2 rings (SSSR count). The molecule has 8 unspecified atom stereocenters. The molecule has 59 heavy (non-hydrogen) atoms. The van der Waals surface area contributed by atoms with Gasteiger partial charge in [-0.3, -0.25) is 24.1 Å². The highest BCUT2D eigenvalue weighted by Gasteiger charge is 2.42. The predicted molar refractivity (Wildman–Crippen MR) is 234 cm³/mol. The zero-order valence-corrected chi connectivity index (χ0v) is 39.4. The number of amides is 4. The first-order chi connectivity index (χ1) is 27.4. The fourth-order valence-corrected chi connectivity index (χ4v) is 7.86. The number of hydrogen-bond acceptors (Lipinski definition) is 9. The minimum atomic E-state index is -0.888. The molecule has 0 aliphatic carbocycles. The van der Waals surface area contributed by atoms with Crippen molar-refractivity contribution < 1.29 is 38.2 Å². The van der Waals surface area contributed by atoms with Crippen LogP contribution in [0.3, 0.4) is 0 Å². The van der Waals surface area contributed by atoms with E-state index in [-0.39, 0.29) is 72.3 Å². The Morgan fingerprint density at radius 1 is 0.915 bits per heavy atom. The van der Waals surface area contributed by atoms with Crippen LogP contribution >= 0.6 is 0 Å². The van der Waals surface area contributed by atoms with E-state index in [0.717, 1.165) is 18.4 Å². The first-order valence-electron chi connectivity index (χ1n) is 21.6. The highest BCUT2D eigenvalue weighted by molar-refractivity contribution is 5.86. The number of esters is 1. The maximum atomic E-state index is 14.0. The Kier molecular flexibility index (Phi) is 22.9. The third-order valence-corrected chi connectivity index (χ3v) is 11.4. The van der Waals surface area contributed by atoms with E-state index in [0.29, 0.717) is 25.4 Å². The van der Waals surface area contributed by atoms with Crippen LogP contribution in [0, 0.1) is 23.7 Å². The van der Waals surface area contributed by atoms with Crippen molar-refractivity contribution in [2.75, 3.05) is 34.9 Å². The van der Waals surface area contributed by atoms with Gasteiger partial charge in [0.25, 0.3) is 0 Å². The minimum Gasteiger partial charge on any atom is -0.458 e. The van der Waals surface area contributed by atoms with Crippen LogP contribution < -0.4 is 11.1 Å². The molecule has 1 aromatic rings. The van der Waals surface area contributed by atoms with Gasteiger partial charge in [0.15, 0.2) is 0 Å². The Morgan fingerprint density at radius 3 is 1.95 bits per heavy atom. The summed E-state index contributed by atoms with van der Waals surface area (Å²) in [5, 5.41) is 2.93. The van der Waals surface area contributed by atoms with Crippen molar-refractivity contribution in [3.05, 3.63) is 35.9 Å². The van der Waals surface area contributed by atoms with Crippen LogP contribution in [0.25, 0.3) is 0 Å². The van der Waals surface area contributed by atoms with Crippen LogP contribution in [-0.2, 0) is 44.6 Å². The first kappa shape index (κ1) is 53.5. The fraction of sp³-hybridized carbons (Fsp3) is 0.761. The summed E-state index contributed by atoms with van der Waals surface area (Å²) in [6.07, 6.45) is 2.02. The summed E-state index contributed by atoms with van der Waals surface area (Å²) in [6.45, 7) is 24.0. The van der Waals surface area contributed by atoms with E-state index in [9.17, 15) is 24.0 Å². The zero-order chi connectivity index (χ0) is 45.4. The molecule has 0 radical (unpaired) electrons. The predicted octanol–water partition coefficient (Wildman–Crippen LogP) is 5.86. The van der Waals surface area contributed by atoms with Crippen LogP contribution in [0.1, 0.15) is 121 Å². The second kappa shape index (κ2) is 25.3. The highest BCUT2D eigenvalue weighted by atomic mass is 16.6. The molecular formula is C46H81N5O8. The zero-order valence-electron chi connectivity index (χ0n) is 39.4. The molecule has 8 atom stereocenters. The number of likely N-dealkylation sites (N-methyl/N-ethyl adjacent to an activating group) is 2. The van der Waals surface area contributed by atoms with E-state index in [4.69, 9.17) is 19.9 Å². The van der Waals surface area contributed by atoms with Crippen molar-refractivity contribution in [1.29, 1.82) is 0 Å². The van der Waals surface area contributed by atoms with Gasteiger partial charge in [-0.1, -0.05) is 85.2 Å². The topological polar surface area (TPSA) is 161 Å². The van der Waals surface area contributed by atoms with Crippen molar-refractivity contribution >= 4 is 29.6 Å². The SMILES string of the molecule is CC(C)C(C(N)=O)N(C)C(C)C.CCC(C)C(C(CC(=O)N1CCCC1C(OC)C(C)C(=O)NC(Cc1ccccc1)C(=O)OC(C)(C)C)OC)N(C)C(=O)CC(C)C. The number of ether oxygens (including phenoxy) is 3. The standard InChI is InChI=1S/C37H61N3O7.C9H20N2O/c1-12-25(4)33(39(9)31(41)21-24(2)3)30(45-10)23-32(42)40-20-16-19-29(40)34(46-11)26(5)35(43)38-28(36(44)47-37(6,7)8)22-27-17-14-13-15-18-27;1-6(2)8(9(10)12)11(5)7(3)4/h13-15,17-18,24-26,28-30,33-34H,12,16,19-23H2,1-11H3,(H,38,43);6-8H,1-5H3,(H2,10,12). The summed E-state index contributed by atoms with van der Waals surface area (Å²) in [5.41, 5.74) is 5.48. The maximum absolute atomic E-state index is 14.0. The van der Waals surface area contributed by atoms with Crippen LogP contribution in [0.5, 0.6) is 0 Å². The second-order valence-electron chi connectivity index (χ2n) is 18.4. The third kappa shape index (κ3) is 17.2. The molecular weight excluding hydrogens is 751 g/mol. The minimum absolute atomic E-state index is 0.0371. The number of nitrogens with two attached hydrogens (primary N) is 1. The lowest BCUT2D eigenvalue weighted by Crippen LogP contribution is -2.54. The van der Waals surface area contributed by atoms with Gasteiger partial charge in [-0.15, -0.1) is 0 Å². The van der Waals surface area contributed by atoms with E-state index in [1.807, 2.05) is 74.9 Å². The van der Waals surface area contributed by atoms with E-state index in [2.05, 4.69) is 33.0 Å². The molecule has 1 aromatic carbocycles. The molecule has 13 heteroatoms. The number of nitrogens with one attached hydrogen (secondary N) is 1. The van der Waals surface area contributed by atoms with E-state index >= 15 is 0 Å². The lowest BCUT2D eigenvalue weighted by atomic mass is 9.90. The highest BCUT2D eigenvalue weighted by Crippen LogP contribution is 2.30. The summed E-state index contributed by atoms with van der Waals surface area (Å²) >= 11 is 0. The van der Waals surface area contributed by atoms with E-state index < -0.39 is 35.7 Å². The van der Waals surface area contributed by atoms with Gasteiger partial charge in [-0.2, -0.15) is 0 Å². The molecule has 338 valence electrons. The monoisotopic (exact) mass is 832 g/mol. The molecule has 0 saturated carbocycles. The molecule has 0 aromatic heterocycles. The average Bonchev–Trinajstić information content (AvgIpc) is 3.63. The fourth-order valence-electron chi connectivity index (χ4n) is 7.86. The van der Waals surface area contributed by atoms with Crippen molar-refractivity contribution in [1.82, 2.24) is 20.0 Å². The van der Waals surface area contributed by atoms with Crippen molar-refractivity contribution in [3.8, 4) is 0 Å².